The highest BCUT2D eigenvalue weighted by atomic mass is 16.2. The van der Waals surface area contributed by atoms with Crippen molar-refractivity contribution in [2.75, 3.05) is 39.3 Å². The first-order chi connectivity index (χ1) is 8.63. The molecule has 2 saturated heterocycles. The molecule has 2 heterocycles. The van der Waals surface area contributed by atoms with Crippen molar-refractivity contribution in [2.24, 2.45) is 11.8 Å². The van der Waals surface area contributed by atoms with Gasteiger partial charge >= 0.3 is 0 Å². The second-order valence-electron chi connectivity index (χ2n) is 5.33. The third-order valence-electron chi connectivity index (χ3n) is 4.06. The summed E-state index contributed by atoms with van der Waals surface area (Å²) in [4.78, 5) is 28.0. The molecule has 0 aliphatic carbocycles. The summed E-state index contributed by atoms with van der Waals surface area (Å²) in [6.07, 6.45) is 0.889. The molecule has 0 bridgehead atoms. The van der Waals surface area contributed by atoms with Gasteiger partial charge in [-0.2, -0.15) is 0 Å². The van der Waals surface area contributed by atoms with E-state index in [1.807, 2.05) is 11.8 Å². The number of nitrogens with one attached hydrogen (secondary N) is 1. The molecule has 0 radical (unpaired) electrons. The van der Waals surface area contributed by atoms with Crippen LogP contribution in [0.1, 0.15) is 20.3 Å². The van der Waals surface area contributed by atoms with Crippen molar-refractivity contribution >= 4 is 11.8 Å². The van der Waals surface area contributed by atoms with E-state index in [-0.39, 0.29) is 24.3 Å². The molecule has 2 amide bonds. The number of amides is 2. The van der Waals surface area contributed by atoms with Gasteiger partial charge in [0.1, 0.15) is 0 Å². The van der Waals surface area contributed by atoms with E-state index >= 15 is 0 Å². The quantitative estimate of drug-likeness (QED) is 0.749. The van der Waals surface area contributed by atoms with Gasteiger partial charge in [-0.05, 0) is 25.8 Å². The maximum Gasteiger partial charge on any atom is 0.242 e. The highest BCUT2D eigenvalue weighted by Crippen LogP contribution is 2.19. The van der Waals surface area contributed by atoms with E-state index in [0.29, 0.717) is 12.5 Å². The summed E-state index contributed by atoms with van der Waals surface area (Å²) in [5.74, 6) is 0.657. The Labute approximate surface area is 108 Å². The number of carbonyl (C=O) groups is 2. The van der Waals surface area contributed by atoms with Gasteiger partial charge in [-0.3, -0.25) is 9.59 Å². The van der Waals surface area contributed by atoms with Gasteiger partial charge < -0.3 is 15.1 Å². The molecule has 102 valence electrons. The van der Waals surface area contributed by atoms with Crippen molar-refractivity contribution in [3.05, 3.63) is 0 Å². The van der Waals surface area contributed by atoms with E-state index in [0.717, 1.165) is 32.6 Å². The maximum absolute atomic E-state index is 12.4. The average Bonchev–Trinajstić information content (AvgIpc) is 2.68. The Bertz CT molecular complexity index is 332. The number of hydrogen-bond acceptors (Lipinski definition) is 3. The van der Waals surface area contributed by atoms with Crippen LogP contribution in [-0.4, -0.2) is 60.9 Å². The Kier molecular flexibility index (Phi) is 4.22. The van der Waals surface area contributed by atoms with Crippen LogP contribution in [0.2, 0.25) is 0 Å². The van der Waals surface area contributed by atoms with Gasteiger partial charge in [-0.25, -0.2) is 0 Å². The minimum absolute atomic E-state index is 0.0472. The van der Waals surface area contributed by atoms with Crippen LogP contribution in [0.4, 0.5) is 0 Å². The van der Waals surface area contributed by atoms with E-state index in [4.69, 9.17) is 0 Å². The molecule has 5 nitrogen and oxygen atoms in total. The monoisotopic (exact) mass is 253 g/mol. The Balaban J connectivity index is 2.00. The fourth-order valence-corrected chi connectivity index (χ4v) is 2.82. The second-order valence-corrected chi connectivity index (χ2v) is 5.33. The zero-order valence-electron chi connectivity index (χ0n) is 11.3. The molecule has 2 atom stereocenters. The van der Waals surface area contributed by atoms with Crippen LogP contribution in [0.5, 0.6) is 0 Å². The largest absolute Gasteiger partial charge is 0.341 e. The Hall–Kier alpha value is -1.10. The lowest BCUT2D eigenvalue weighted by Gasteiger charge is -2.25. The molecule has 0 aromatic heterocycles. The molecule has 2 rings (SSSR count). The van der Waals surface area contributed by atoms with Crippen molar-refractivity contribution in [3.63, 3.8) is 0 Å². The van der Waals surface area contributed by atoms with Gasteiger partial charge in [0.2, 0.25) is 11.8 Å². The van der Waals surface area contributed by atoms with E-state index in [9.17, 15) is 9.59 Å². The van der Waals surface area contributed by atoms with E-state index < -0.39 is 0 Å². The standard InChI is InChI=1S/C13H23N3O2/c1-3-15-5-4-6-16(9-12(15)17)13(18)11-8-14-7-10(11)2/h10-11,14H,3-9H2,1-2H3/t10-,11-/m1/s1. The average molecular weight is 253 g/mol. The summed E-state index contributed by atoms with van der Waals surface area (Å²) in [6, 6.07) is 0. The topological polar surface area (TPSA) is 52.6 Å². The first kappa shape index (κ1) is 13.3. The Morgan fingerprint density at radius 1 is 1.39 bits per heavy atom. The molecular weight excluding hydrogens is 230 g/mol. The van der Waals surface area contributed by atoms with Crippen LogP contribution in [-0.2, 0) is 9.59 Å². The lowest BCUT2D eigenvalue weighted by Crippen LogP contribution is -2.43. The third-order valence-corrected chi connectivity index (χ3v) is 4.06. The molecule has 2 aliphatic heterocycles. The van der Waals surface area contributed by atoms with Crippen LogP contribution >= 0.6 is 0 Å². The zero-order valence-corrected chi connectivity index (χ0v) is 11.3. The molecule has 0 aromatic rings. The second kappa shape index (κ2) is 5.69. The molecule has 2 aliphatic rings. The number of carbonyl (C=O) groups excluding carboxylic acids is 2. The first-order valence-corrected chi connectivity index (χ1v) is 6.90. The minimum atomic E-state index is 0.0472. The van der Waals surface area contributed by atoms with Gasteiger partial charge in [0, 0.05) is 26.2 Å². The lowest BCUT2D eigenvalue weighted by atomic mass is 9.96. The highest BCUT2D eigenvalue weighted by molar-refractivity contribution is 5.86. The van der Waals surface area contributed by atoms with Crippen LogP contribution in [0.15, 0.2) is 0 Å². The SMILES string of the molecule is CCN1CCCN(C(=O)[C@@H]2CNC[C@H]2C)CC1=O. The molecule has 2 fully saturated rings. The van der Waals surface area contributed by atoms with Crippen molar-refractivity contribution in [1.29, 1.82) is 0 Å². The summed E-state index contributed by atoms with van der Waals surface area (Å²) < 4.78 is 0. The molecule has 1 N–H and O–H groups in total. The predicted molar refractivity (Wildman–Crippen MR) is 69.0 cm³/mol. The van der Waals surface area contributed by atoms with E-state index in [2.05, 4.69) is 12.2 Å². The lowest BCUT2D eigenvalue weighted by molar-refractivity contribution is -0.141. The first-order valence-electron chi connectivity index (χ1n) is 6.90. The summed E-state index contributed by atoms with van der Waals surface area (Å²) in [5, 5.41) is 3.25. The molecule has 5 heteroatoms. The van der Waals surface area contributed by atoms with Crippen molar-refractivity contribution in [3.8, 4) is 0 Å². The van der Waals surface area contributed by atoms with Gasteiger partial charge in [0.15, 0.2) is 0 Å². The molecule has 0 spiro atoms. The van der Waals surface area contributed by atoms with Crippen LogP contribution in [0.25, 0.3) is 0 Å². The van der Waals surface area contributed by atoms with Crippen LogP contribution in [0, 0.1) is 11.8 Å². The number of nitrogens with zero attached hydrogens (tertiary/aromatic N) is 2. The van der Waals surface area contributed by atoms with Crippen molar-refractivity contribution < 1.29 is 9.59 Å². The van der Waals surface area contributed by atoms with Crippen molar-refractivity contribution in [1.82, 2.24) is 15.1 Å². The van der Waals surface area contributed by atoms with Gasteiger partial charge in [0.25, 0.3) is 0 Å². The Morgan fingerprint density at radius 3 is 2.78 bits per heavy atom. The Morgan fingerprint density at radius 2 is 2.17 bits per heavy atom. The fraction of sp³-hybridized carbons (Fsp3) is 0.846. The summed E-state index contributed by atoms with van der Waals surface area (Å²) >= 11 is 0. The summed E-state index contributed by atoms with van der Waals surface area (Å²) in [7, 11) is 0. The van der Waals surface area contributed by atoms with E-state index in [1.54, 1.807) is 4.90 Å². The molecule has 0 unspecified atom stereocenters. The number of likely N-dealkylation sites (N-methyl/N-ethyl adjacent to an activating group) is 1. The molecule has 0 saturated carbocycles. The number of rotatable bonds is 2. The summed E-state index contributed by atoms with van der Waals surface area (Å²) in [6.45, 7) is 8.22. The van der Waals surface area contributed by atoms with Gasteiger partial charge in [-0.15, -0.1) is 0 Å². The van der Waals surface area contributed by atoms with Crippen LogP contribution < -0.4 is 5.32 Å². The summed E-state index contributed by atoms with van der Waals surface area (Å²) in [5.41, 5.74) is 0. The van der Waals surface area contributed by atoms with Crippen molar-refractivity contribution in [2.45, 2.75) is 20.3 Å². The normalized spacial score (nSPS) is 29.6. The maximum atomic E-state index is 12.4. The third kappa shape index (κ3) is 2.66. The number of hydrogen-bond donors (Lipinski definition) is 1. The highest BCUT2D eigenvalue weighted by Gasteiger charge is 2.34. The molecular formula is C13H23N3O2. The zero-order chi connectivity index (χ0) is 13.1. The minimum Gasteiger partial charge on any atom is -0.341 e. The molecule has 0 aromatic carbocycles. The predicted octanol–water partition coefficient (Wildman–Crippen LogP) is -0.0773. The van der Waals surface area contributed by atoms with Gasteiger partial charge in [0.05, 0.1) is 12.5 Å². The van der Waals surface area contributed by atoms with Gasteiger partial charge in [-0.1, -0.05) is 6.92 Å². The van der Waals surface area contributed by atoms with E-state index in [1.165, 1.54) is 0 Å². The van der Waals surface area contributed by atoms with Crippen LogP contribution in [0.3, 0.4) is 0 Å². The fourth-order valence-electron chi connectivity index (χ4n) is 2.82. The smallest absolute Gasteiger partial charge is 0.242 e. The molecule has 18 heavy (non-hydrogen) atoms.